The molecule has 1 N–H and O–H groups in total. The number of carbonyl (C=O) groups excluding carboxylic acids is 1. The molecular formula is C19H24N6O. The van der Waals surface area contributed by atoms with Crippen molar-refractivity contribution in [3.63, 3.8) is 0 Å². The van der Waals surface area contributed by atoms with Crippen molar-refractivity contribution in [2.24, 2.45) is 0 Å². The third kappa shape index (κ3) is 2.94. The minimum absolute atomic E-state index is 0.0309. The van der Waals surface area contributed by atoms with Crippen molar-refractivity contribution in [1.82, 2.24) is 29.4 Å². The maximum absolute atomic E-state index is 12.6. The molecule has 4 rings (SSSR count). The largest absolute Gasteiger partial charge is 0.332 e. The summed E-state index contributed by atoms with van der Waals surface area (Å²) in [5, 5.41) is 7.59. The molecule has 2 amide bonds. The summed E-state index contributed by atoms with van der Waals surface area (Å²) in [6.45, 7) is 8.01. The summed E-state index contributed by atoms with van der Waals surface area (Å²) in [6, 6.07) is 6.34. The SMILES string of the molecule is Cc1cc(C)n(C2CCN(C(=O)NCc3cnc4c(C)cccn34)C2)n1. The third-order valence-electron chi connectivity index (χ3n) is 5.07. The zero-order chi connectivity index (χ0) is 18.3. The van der Waals surface area contributed by atoms with Gasteiger partial charge in [0.05, 0.1) is 30.2 Å². The van der Waals surface area contributed by atoms with Crippen LogP contribution in [-0.2, 0) is 6.54 Å². The molecule has 3 aromatic heterocycles. The molecule has 0 saturated carbocycles. The number of carbonyl (C=O) groups is 1. The number of hydrogen-bond acceptors (Lipinski definition) is 3. The third-order valence-corrected chi connectivity index (χ3v) is 5.07. The number of likely N-dealkylation sites (tertiary alicyclic amines) is 1. The first-order chi connectivity index (χ1) is 12.5. The standard InChI is InChI=1S/C19H24N6O/c1-13-5-4-7-24-17(10-20-18(13)24)11-21-19(26)23-8-6-16(12-23)25-15(3)9-14(2)22-25/h4-5,7,9-10,16H,6,8,11-12H2,1-3H3,(H,21,26). The lowest BCUT2D eigenvalue weighted by atomic mass is 10.2. The Morgan fingerprint density at radius 3 is 2.96 bits per heavy atom. The lowest BCUT2D eigenvalue weighted by Gasteiger charge is -2.18. The number of aryl methyl sites for hydroxylation is 3. The van der Waals surface area contributed by atoms with Crippen LogP contribution < -0.4 is 5.32 Å². The molecule has 7 heteroatoms. The number of nitrogens with one attached hydrogen (secondary N) is 1. The van der Waals surface area contributed by atoms with Crippen molar-refractivity contribution in [1.29, 1.82) is 0 Å². The first-order valence-corrected chi connectivity index (χ1v) is 9.00. The van der Waals surface area contributed by atoms with Gasteiger partial charge in [-0.15, -0.1) is 0 Å². The van der Waals surface area contributed by atoms with Gasteiger partial charge in [0.2, 0.25) is 0 Å². The van der Waals surface area contributed by atoms with Gasteiger partial charge in [-0.3, -0.25) is 4.68 Å². The second-order valence-electron chi connectivity index (χ2n) is 7.05. The molecule has 1 saturated heterocycles. The van der Waals surface area contributed by atoms with E-state index in [0.717, 1.165) is 41.3 Å². The fourth-order valence-electron chi connectivity index (χ4n) is 3.75. The van der Waals surface area contributed by atoms with Crippen molar-refractivity contribution in [2.75, 3.05) is 13.1 Å². The Morgan fingerprint density at radius 1 is 1.35 bits per heavy atom. The summed E-state index contributed by atoms with van der Waals surface area (Å²) in [5.41, 5.74) is 5.20. The second kappa shape index (κ2) is 6.48. The van der Waals surface area contributed by atoms with Crippen molar-refractivity contribution >= 4 is 11.7 Å². The van der Waals surface area contributed by atoms with Gasteiger partial charge in [-0.2, -0.15) is 5.10 Å². The predicted molar refractivity (Wildman–Crippen MR) is 99.1 cm³/mol. The van der Waals surface area contributed by atoms with Crippen LogP contribution in [0.1, 0.15) is 35.1 Å². The van der Waals surface area contributed by atoms with Gasteiger partial charge in [0, 0.05) is 25.0 Å². The van der Waals surface area contributed by atoms with Crippen LogP contribution in [0.5, 0.6) is 0 Å². The highest BCUT2D eigenvalue weighted by Crippen LogP contribution is 2.23. The molecule has 0 spiro atoms. The summed E-state index contributed by atoms with van der Waals surface area (Å²) in [6.07, 6.45) is 4.74. The molecule has 1 atom stereocenters. The molecule has 1 unspecified atom stereocenters. The molecular weight excluding hydrogens is 328 g/mol. The van der Waals surface area contributed by atoms with E-state index >= 15 is 0 Å². The molecule has 3 aromatic rings. The molecule has 4 heterocycles. The lowest BCUT2D eigenvalue weighted by Crippen LogP contribution is -2.38. The van der Waals surface area contributed by atoms with Crippen molar-refractivity contribution in [3.05, 3.63) is 53.2 Å². The van der Waals surface area contributed by atoms with E-state index < -0.39 is 0 Å². The molecule has 0 radical (unpaired) electrons. The molecule has 0 aromatic carbocycles. The number of amides is 2. The van der Waals surface area contributed by atoms with E-state index in [1.807, 2.05) is 47.7 Å². The first kappa shape index (κ1) is 16.6. The van der Waals surface area contributed by atoms with Crippen LogP contribution >= 0.6 is 0 Å². The monoisotopic (exact) mass is 352 g/mol. The average Bonchev–Trinajstić information content (AvgIpc) is 3.32. The fraction of sp³-hybridized carbons (Fsp3) is 0.421. The summed E-state index contributed by atoms with van der Waals surface area (Å²) in [5.74, 6) is 0. The fourth-order valence-corrected chi connectivity index (χ4v) is 3.75. The van der Waals surface area contributed by atoms with Crippen LogP contribution in [0, 0.1) is 20.8 Å². The molecule has 0 bridgehead atoms. The number of fused-ring (bicyclic) bond motifs is 1. The minimum atomic E-state index is -0.0309. The Bertz CT molecular complexity index is 956. The van der Waals surface area contributed by atoms with Crippen LogP contribution in [0.3, 0.4) is 0 Å². The summed E-state index contributed by atoms with van der Waals surface area (Å²) < 4.78 is 4.08. The van der Waals surface area contributed by atoms with E-state index in [2.05, 4.69) is 33.1 Å². The van der Waals surface area contributed by atoms with E-state index in [4.69, 9.17) is 0 Å². The zero-order valence-electron chi connectivity index (χ0n) is 15.4. The average molecular weight is 352 g/mol. The number of nitrogens with zero attached hydrogens (tertiary/aromatic N) is 5. The Labute approximate surface area is 152 Å². The van der Waals surface area contributed by atoms with Gasteiger partial charge in [0.1, 0.15) is 5.65 Å². The van der Waals surface area contributed by atoms with Crippen molar-refractivity contribution < 1.29 is 4.79 Å². The number of hydrogen-bond donors (Lipinski definition) is 1. The smallest absolute Gasteiger partial charge is 0.317 e. The summed E-state index contributed by atoms with van der Waals surface area (Å²) in [4.78, 5) is 18.9. The number of aromatic nitrogens is 4. The van der Waals surface area contributed by atoms with Gasteiger partial charge in [-0.05, 0) is 44.9 Å². The van der Waals surface area contributed by atoms with E-state index in [0.29, 0.717) is 13.1 Å². The summed E-state index contributed by atoms with van der Waals surface area (Å²) in [7, 11) is 0. The lowest BCUT2D eigenvalue weighted by molar-refractivity contribution is 0.206. The van der Waals surface area contributed by atoms with Gasteiger partial charge < -0.3 is 14.6 Å². The molecule has 136 valence electrons. The van der Waals surface area contributed by atoms with Gasteiger partial charge in [-0.25, -0.2) is 9.78 Å². The van der Waals surface area contributed by atoms with Crippen LogP contribution in [0.2, 0.25) is 0 Å². The van der Waals surface area contributed by atoms with Gasteiger partial charge in [0.25, 0.3) is 0 Å². The zero-order valence-corrected chi connectivity index (χ0v) is 15.4. The maximum atomic E-state index is 12.6. The Kier molecular flexibility index (Phi) is 4.14. The van der Waals surface area contributed by atoms with Crippen LogP contribution in [0.4, 0.5) is 4.79 Å². The molecule has 26 heavy (non-hydrogen) atoms. The molecule has 1 aliphatic heterocycles. The van der Waals surface area contributed by atoms with Crippen molar-refractivity contribution in [2.45, 2.75) is 39.8 Å². The van der Waals surface area contributed by atoms with Crippen LogP contribution in [0.15, 0.2) is 30.6 Å². The number of urea groups is 1. The number of pyridine rings is 1. The number of imidazole rings is 1. The van der Waals surface area contributed by atoms with Gasteiger partial charge in [-0.1, -0.05) is 6.07 Å². The highest BCUT2D eigenvalue weighted by atomic mass is 16.2. The minimum Gasteiger partial charge on any atom is -0.332 e. The molecule has 1 fully saturated rings. The Balaban J connectivity index is 1.39. The topological polar surface area (TPSA) is 67.5 Å². The van der Waals surface area contributed by atoms with E-state index in [-0.39, 0.29) is 12.1 Å². The predicted octanol–water partition coefficient (Wildman–Crippen LogP) is 2.61. The molecule has 1 aliphatic rings. The Hall–Kier alpha value is -2.83. The second-order valence-corrected chi connectivity index (χ2v) is 7.05. The van der Waals surface area contributed by atoms with Crippen LogP contribution in [-0.4, -0.2) is 43.2 Å². The highest BCUT2D eigenvalue weighted by Gasteiger charge is 2.28. The highest BCUT2D eigenvalue weighted by molar-refractivity contribution is 5.74. The number of rotatable bonds is 3. The van der Waals surface area contributed by atoms with Crippen LogP contribution in [0.25, 0.3) is 5.65 Å². The Morgan fingerprint density at radius 2 is 2.19 bits per heavy atom. The maximum Gasteiger partial charge on any atom is 0.317 e. The molecule has 0 aliphatic carbocycles. The van der Waals surface area contributed by atoms with E-state index in [1.165, 1.54) is 0 Å². The van der Waals surface area contributed by atoms with E-state index in [1.54, 1.807) is 0 Å². The van der Waals surface area contributed by atoms with Gasteiger partial charge in [0.15, 0.2) is 0 Å². The quantitative estimate of drug-likeness (QED) is 0.788. The molecule has 7 nitrogen and oxygen atoms in total. The van der Waals surface area contributed by atoms with Gasteiger partial charge >= 0.3 is 6.03 Å². The first-order valence-electron chi connectivity index (χ1n) is 9.00. The van der Waals surface area contributed by atoms with E-state index in [9.17, 15) is 4.79 Å². The normalized spacial score (nSPS) is 17.2. The van der Waals surface area contributed by atoms with Crippen molar-refractivity contribution in [3.8, 4) is 0 Å². The summed E-state index contributed by atoms with van der Waals surface area (Å²) >= 11 is 0.